The van der Waals surface area contributed by atoms with E-state index in [0.29, 0.717) is 25.2 Å². The molecule has 1 aliphatic heterocycles. The van der Waals surface area contributed by atoms with E-state index >= 15 is 0 Å². The Labute approximate surface area is 227 Å². The molecule has 3 aromatic heterocycles. The van der Waals surface area contributed by atoms with Gasteiger partial charge in [-0.15, -0.1) is 0 Å². The number of H-pyrrole nitrogens is 2. The van der Waals surface area contributed by atoms with Crippen LogP contribution in [-0.4, -0.2) is 38.5 Å². The molecule has 4 heterocycles. The van der Waals surface area contributed by atoms with Crippen molar-refractivity contribution >= 4 is 22.5 Å². The van der Waals surface area contributed by atoms with Crippen LogP contribution in [0.1, 0.15) is 36.7 Å². The van der Waals surface area contributed by atoms with Crippen LogP contribution in [0.5, 0.6) is 5.75 Å². The lowest BCUT2D eigenvalue weighted by Crippen LogP contribution is -2.30. The predicted octanol–water partition coefficient (Wildman–Crippen LogP) is 5.21. The van der Waals surface area contributed by atoms with E-state index in [1.807, 2.05) is 48.9 Å². The number of pyridine rings is 1. The number of fused-ring (bicyclic) bond motifs is 2. The average Bonchev–Trinajstić information content (AvgIpc) is 3.66. The standard InChI is InChI=1S/C31H32N6O2/c1-31(2,14-28-34-9-10-35-28)29-25-13-19(7-8-27(25)37-30(29)38)20-12-23(17-33-15-20)39-18-22(32)11-21-16-36-26-6-4-3-5-24(21)26/h3-10,12-13,15-17,22,29,36H,11,14,18,32H2,1-2H3,(H,34,35)(H,37,38)/t22-,29?/m0/s1. The molecule has 0 saturated carbocycles. The van der Waals surface area contributed by atoms with Gasteiger partial charge in [0.05, 0.1) is 12.1 Å². The van der Waals surface area contributed by atoms with Crippen molar-refractivity contribution in [1.82, 2.24) is 19.9 Å². The van der Waals surface area contributed by atoms with Gasteiger partial charge in [-0.25, -0.2) is 4.98 Å². The van der Waals surface area contributed by atoms with Crippen LogP contribution in [0.4, 0.5) is 5.69 Å². The minimum atomic E-state index is -0.337. The summed E-state index contributed by atoms with van der Waals surface area (Å²) in [4.78, 5) is 28.3. The zero-order valence-electron chi connectivity index (χ0n) is 22.1. The number of imidazole rings is 1. The van der Waals surface area contributed by atoms with Gasteiger partial charge in [-0.3, -0.25) is 9.78 Å². The number of hydrogen-bond donors (Lipinski definition) is 4. The molecule has 6 rings (SSSR count). The first-order valence-electron chi connectivity index (χ1n) is 13.2. The summed E-state index contributed by atoms with van der Waals surface area (Å²) in [7, 11) is 0. The Balaban J connectivity index is 1.17. The molecule has 5 aromatic rings. The Bertz CT molecular complexity index is 1620. The summed E-state index contributed by atoms with van der Waals surface area (Å²) in [5, 5.41) is 4.25. The lowest BCUT2D eigenvalue weighted by molar-refractivity contribution is -0.119. The maximum Gasteiger partial charge on any atom is 0.232 e. The van der Waals surface area contributed by atoms with Gasteiger partial charge in [0.15, 0.2) is 0 Å². The van der Waals surface area contributed by atoms with Crippen LogP contribution in [0.2, 0.25) is 0 Å². The number of ether oxygens (including phenoxy) is 1. The number of hydrogen-bond acceptors (Lipinski definition) is 5. The van der Waals surface area contributed by atoms with Gasteiger partial charge in [-0.05, 0) is 52.8 Å². The fourth-order valence-electron chi connectivity index (χ4n) is 5.65. The summed E-state index contributed by atoms with van der Waals surface area (Å²) >= 11 is 0. The molecular weight excluding hydrogens is 488 g/mol. The highest BCUT2D eigenvalue weighted by Gasteiger charge is 2.42. The van der Waals surface area contributed by atoms with Crippen molar-refractivity contribution in [2.75, 3.05) is 11.9 Å². The third-order valence-corrected chi connectivity index (χ3v) is 7.51. The molecule has 0 radical (unpaired) electrons. The minimum Gasteiger partial charge on any atom is -0.490 e. The number of aromatic nitrogens is 4. The Morgan fingerprint density at radius 1 is 1.08 bits per heavy atom. The van der Waals surface area contributed by atoms with Crippen LogP contribution in [0.25, 0.3) is 22.0 Å². The van der Waals surface area contributed by atoms with E-state index in [2.05, 4.69) is 57.3 Å². The summed E-state index contributed by atoms with van der Waals surface area (Å²) in [6, 6.07) is 16.1. The Hall–Kier alpha value is -4.43. The van der Waals surface area contributed by atoms with Gasteiger partial charge >= 0.3 is 0 Å². The van der Waals surface area contributed by atoms with Gasteiger partial charge in [0.25, 0.3) is 0 Å². The van der Waals surface area contributed by atoms with E-state index in [1.165, 1.54) is 10.9 Å². The smallest absolute Gasteiger partial charge is 0.232 e. The van der Waals surface area contributed by atoms with Gasteiger partial charge in [0, 0.05) is 59.4 Å². The van der Waals surface area contributed by atoms with Crippen molar-refractivity contribution in [3.05, 3.63) is 96.5 Å². The lowest BCUT2D eigenvalue weighted by Gasteiger charge is -2.29. The van der Waals surface area contributed by atoms with Gasteiger partial charge < -0.3 is 25.8 Å². The van der Waals surface area contributed by atoms with Crippen molar-refractivity contribution in [3.8, 4) is 16.9 Å². The highest BCUT2D eigenvalue weighted by atomic mass is 16.5. The van der Waals surface area contributed by atoms with E-state index in [-0.39, 0.29) is 23.3 Å². The number of aromatic amines is 2. The predicted molar refractivity (Wildman–Crippen MR) is 153 cm³/mol. The van der Waals surface area contributed by atoms with Gasteiger partial charge in [0.2, 0.25) is 5.91 Å². The SMILES string of the molecule is CC(C)(Cc1ncc[nH]1)C1C(=O)Nc2ccc(-c3cncc(OC[C@@H](N)Cc4c[nH]c5ccccc45)c3)cc21. The Kier molecular flexibility index (Phi) is 6.40. The van der Waals surface area contributed by atoms with Crippen molar-refractivity contribution in [2.45, 2.75) is 38.6 Å². The molecular formula is C31H32N6O2. The number of amides is 1. The van der Waals surface area contributed by atoms with E-state index in [4.69, 9.17) is 10.5 Å². The first kappa shape index (κ1) is 24.9. The van der Waals surface area contributed by atoms with Crippen molar-refractivity contribution in [3.63, 3.8) is 0 Å². The number of nitrogens with zero attached hydrogens (tertiary/aromatic N) is 2. The quantitative estimate of drug-likeness (QED) is 0.213. The van der Waals surface area contributed by atoms with E-state index in [9.17, 15) is 4.79 Å². The Morgan fingerprint density at radius 2 is 1.95 bits per heavy atom. The molecule has 0 aliphatic carbocycles. The zero-order chi connectivity index (χ0) is 27.0. The van der Waals surface area contributed by atoms with E-state index < -0.39 is 0 Å². The largest absolute Gasteiger partial charge is 0.490 e. The molecule has 1 unspecified atom stereocenters. The summed E-state index contributed by atoms with van der Waals surface area (Å²) in [5.74, 6) is 1.24. The van der Waals surface area contributed by atoms with Gasteiger partial charge in [0.1, 0.15) is 18.2 Å². The maximum atomic E-state index is 13.1. The lowest BCUT2D eigenvalue weighted by atomic mass is 9.73. The number of para-hydroxylation sites is 1. The molecule has 5 N–H and O–H groups in total. The highest BCUT2D eigenvalue weighted by Crippen LogP contribution is 2.46. The van der Waals surface area contributed by atoms with Gasteiger partial charge in [-0.2, -0.15) is 0 Å². The number of benzene rings is 2. The molecule has 0 fully saturated rings. The number of carbonyl (C=O) groups is 1. The monoisotopic (exact) mass is 520 g/mol. The van der Waals surface area contributed by atoms with Crippen LogP contribution in [-0.2, 0) is 17.6 Å². The minimum absolute atomic E-state index is 0.0121. The van der Waals surface area contributed by atoms with Crippen molar-refractivity contribution < 1.29 is 9.53 Å². The van der Waals surface area contributed by atoms with Crippen LogP contribution in [0.15, 0.2) is 79.5 Å². The van der Waals surface area contributed by atoms with Crippen LogP contribution >= 0.6 is 0 Å². The highest BCUT2D eigenvalue weighted by molar-refractivity contribution is 6.04. The van der Waals surface area contributed by atoms with E-state index in [0.717, 1.165) is 33.7 Å². The van der Waals surface area contributed by atoms with E-state index in [1.54, 1.807) is 12.4 Å². The summed E-state index contributed by atoms with van der Waals surface area (Å²) < 4.78 is 6.06. The fourth-order valence-corrected chi connectivity index (χ4v) is 5.65. The fraction of sp³-hybridized carbons (Fsp3) is 0.258. The molecule has 0 saturated heterocycles. The molecule has 198 valence electrons. The number of nitrogens with two attached hydrogens (primary N) is 1. The van der Waals surface area contributed by atoms with Crippen molar-refractivity contribution in [2.24, 2.45) is 11.1 Å². The molecule has 0 bridgehead atoms. The molecule has 1 aliphatic rings. The normalized spacial score (nSPS) is 15.8. The maximum absolute atomic E-state index is 13.1. The number of anilines is 1. The molecule has 39 heavy (non-hydrogen) atoms. The molecule has 8 heteroatoms. The molecule has 0 spiro atoms. The van der Waals surface area contributed by atoms with Crippen molar-refractivity contribution in [1.29, 1.82) is 0 Å². The summed E-state index contributed by atoms with van der Waals surface area (Å²) in [6.45, 7) is 4.59. The van der Waals surface area contributed by atoms with Crippen LogP contribution in [0, 0.1) is 5.41 Å². The second-order valence-corrected chi connectivity index (χ2v) is 11.0. The number of carbonyl (C=O) groups excluding carboxylic acids is 1. The summed E-state index contributed by atoms with van der Waals surface area (Å²) in [5.41, 5.74) is 12.1. The molecule has 2 aromatic carbocycles. The molecule has 8 nitrogen and oxygen atoms in total. The van der Waals surface area contributed by atoms with Crippen LogP contribution in [0.3, 0.4) is 0 Å². The third kappa shape index (κ3) is 5.03. The van der Waals surface area contributed by atoms with Gasteiger partial charge in [-0.1, -0.05) is 38.1 Å². The van der Waals surface area contributed by atoms with Crippen LogP contribution < -0.4 is 15.8 Å². The second kappa shape index (κ2) is 10.0. The topological polar surface area (TPSA) is 122 Å². The number of nitrogens with one attached hydrogen (secondary N) is 3. The summed E-state index contributed by atoms with van der Waals surface area (Å²) in [6.07, 6.45) is 10.4. The molecule has 2 atom stereocenters. The first-order chi connectivity index (χ1) is 18.9. The first-order valence-corrected chi connectivity index (χ1v) is 13.2. The zero-order valence-corrected chi connectivity index (χ0v) is 22.1. The Morgan fingerprint density at radius 3 is 2.79 bits per heavy atom. The second-order valence-electron chi connectivity index (χ2n) is 11.0. The average molecular weight is 521 g/mol. The molecule has 1 amide bonds. The third-order valence-electron chi connectivity index (χ3n) is 7.51. The number of rotatable bonds is 9.